The minimum Gasteiger partial charge on any atom is -0.465 e. The Kier molecular flexibility index (Phi) is 8.60. The first-order chi connectivity index (χ1) is 24.9. The first kappa shape index (κ1) is 32.1. The van der Waals surface area contributed by atoms with Gasteiger partial charge < -0.3 is 24.8 Å². The third kappa shape index (κ3) is 6.50. The first-order valence-corrected chi connectivity index (χ1v) is 17.2. The number of nitrogens with zero attached hydrogens (tertiary/aromatic N) is 7. The number of carbonyl (C=O) groups is 3. The van der Waals surface area contributed by atoms with E-state index in [1.807, 2.05) is 30.5 Å². The van der Waals surface area contributed by atoms with Crippen LogP contribution in [0.5, 0.6) is 0 Å². The third-order valence-electron chi connectivity index (χ3n) is 9.97. The van der Waals surface area contributed by atoms with Crippen molar-refractivity contribution in [3.05, 3.63) is 108 Å². The largest absolute Gasteiger partial charge is 0.465 e. The van der Waals surface area contributed by atoms with Crippen LogP contribution in [0.2, 0.25) is 0 Å². The van der Waals surface area contributed by atoms with Crippen LogP contribution in [0.15, 0.2) is 91.5 Å². The van der Waals surface area contributed by atoms with E-state index in [1.165, 1.54) is 24.1 Å². The molecule has 1 saturated carbocycles. The van der Waals surface area contributed by atoms with Crippen LogP contribution < -0.4 is 15.5 Å². The Morgan fingerprint density at radius 3 is 2.31 bits per heavy atom. The summed E-state index contributed by atoms with van der Waals surface area (Å²) in [7, 11) is 1.36. The van der Waals surface area contributed by atoms with Crippen LogP contribution in [0, 0.1) is 5.92 Å². The van der Waals surface area contributed by atoms with Crippen molar-refractivity contribution < 1.29 is 19.1 Å². The molecule has 6 aromatic rings. The number of nitrogens with one attached hydrogen (secondary N) is 2. The molecule has 2 aliphatic rings. The number of benzene rings is 2. The van der Waals surface area contributed by atoms with Gasteiger partial charge in [-0.15, -0.1) is 5.10 Å². The molecule has 0 bridgehead atoms. The van der Waals surface area contributed by atoms with Crippen molar-refractivity contribution in [1.82, 2.24) is 40.2 Å². The molecule has 2 amide bonds. The summed E-state index contributed by atoms with van der Waals surface area (Å²) in [5.41, 5.74) is 4.55. The second kappa shape index (κ2) is 13.7. The average molecular weight is 684 g/mol. The summed E-state index contributed by atoms with van der Waals surface area (Å²) in [4.78, 5) is 48.9. The van der Waals surface area contributed by atoms with Gasteiger partial charge in [0.15, 0.2) is 0 Å². The van der Waals surface area contributed by atoms with E-state index < -0.39 is 5.97 Å². The summed E-state index contributed by atoms with van der Waals surface area (Å²) in [6.07, 6.45) is 9.38. The molecule has 1 aliphatic carbocycles. The number of esters is 1. The Hall–Kier alpha value is -6.11. The van der Waals surface area contributed by atoms with E-state index in [0.29, 0.717) is 36.2 Å². The average Bonchev–Trinajstić information content (AvgIpc) is 3.76. The number of hydrogen-bond acceptors (Lipinski definition) is 9. The molecule has 51 heavy (non-hydrogen) atoms. The summed E-state index contributed by atoms with van der Waals surface area (Å²) >= 11 is 0. The van der Waals surface area contributed by atoms with Gasteiger partial charge in [-0.05, 0) is 56.0 Å². The Balaban J connectivity index is 0.830. The second-order valence-corrected chi connectivity index (χ2v) is 13.2. The Labute approximate surface area is 293 Å². The molecule has 8 rings (SSSR count). The topological polar surface area (TPSA) is 149 Å². The van der Waals surface area contributed by atoms with Gasteiger partial charge in [0.25, 0.3) is 5.91 Å². The number of hydrogen-bond donors (Lipinski definition) is 2. The quantitative estimate of drug-likeness (QED) is 0.213. The molecule has 13 nitrogen and oxygen atoms in total. The molecule has 0 spiro atoms. The molecular formula is C38H37N9O4. The Morgan fingerprint density at radius 1 is 0.863 bits per heavy atom. The lowest BCUT2D eigenvalue weighted by atomic mass is 9.79. The summed E-state index contributed by atoms with van der Waals surface area (Å²) in [6, 6.07) is 21.8. The normalized spacial score (nSPS) is 17.6. The summed E-state index contributed by atoms with van der Waals surface area (Å²) in [5, 5.41) is 17.4. The fourth-order valence-electron chi connectivity index (χ4n) is 7.14. The van der Waals surface area contributed by atoms with Crippen LogP contribution in [0.1, 0.15) is 52.1 Å². The zero-order valence-corrected chi connectivity index (χ0v) is 28.1. The summed E-state index contributed by atoms with van der Waals surface area (Å²) in [6.45, 7) is 1.98. The molecule has 1 aliphatic heterocycles. The maximum absolute atomic E-state index is 13.2. The highest BCUT2D eigenvalue weighted by molar-refractivity contribution is 6.08. The second-order valence-electron chi connectivity index (χ2n) is 13.2. The van der Waals surface area contributed by atoms with E-state index in [2.05, 4.69) is 64.6 Å². The number of aromatic nitrogens is 6. The van der Waals surface area contributed by atoms with E-state index in [4.69, 9.17) is 4.74 Å². The predicted octanol–water partition coefficient (Wildman–Crippen LogP) is 4.29. The van der Waals surface area contributed by atoms with E-state index in [1.54, 1.807) is 35.3 Å². The number of anilines is 1. The molecule has 2 aromatic carbocycles. The van der Waals surface area contributed by atoms with Crippen LogP contribution in [0.25, 0.3) is 27.5 Å². The summed E-state index contributed by atoms with van der Waals surface area (Å²) < 4.78 is 8.69. The van der Waals surface area contributed by atoms with Gasteiger partial charge >= 0.3 is 5.97 Å². The molecule has 2 fully saturated rings. The number of amides is 2. The number of rotatable bonds is 9. The van der Waals surface area contributed by atoms with Gasteiger partial charge in [-0.3, -0.25) is 14.6 Å². The molecule has 2 N–H and O–H groups in total. The lowest BCUT2D eigenvalue weighted by molar-refractivity contribution is -0.129. The number of pyridine rings is 2. The van der Waals surface area contributed by atoms with Crippen molar-refractivity contribution in [2.24, 2.45) is 5.92 Å². The van der Waals surface area contributed by atoms with Gasteiger partial charge in [0.2, 0.25) is 5.91 Å². The highest BCUT2D eigenvalue weighted by atomic mass is 16.5. The lowest BCUT2D eigenvalue weighted by Crippen LogP contribution is -2.52. The van der Waals surface area contributed by atoms with Crippen molar-refractivity contribution in [3.8, 4) is 5.69 Å². The molecule has 13 heteroatoms. The number of para-hydroxylation sites is 2. The number of carbonyl (C=O) groups excluding carboxylic acids is 3. The lowest BCUT2D eigenvalue weighted by Gasteiger charge is -2.37. The zero-order chi connectivity index (χ0) is 34.9. The van der Waals surface area contributed by atoms with E-state index in [9.17, 15) is 14.4 Å². The molecule has 4 aromatic heterocycles. The minimum atomic E-state index is -0.394. The van der Waals surface area contributed by atoms with Crippen molar-refractivity contribution in [2.75, 3.05) is 25.1 Å². The highest BCUT2D eigenvalue weighted by Gasteiger charge is 2.36. The molecule has 0 unspecified atom stereocenters. The van der Waals surface area contributed by atoms with Crippen LogP contribution in [-0.4, -0.2) is 79.6 Å². The monoisotopic (exact) mass is 683 g/mol. The Morgan fingerprint density at radius 2 is 1.59 bits per heavy atom. The fourth-order valence-corrected chi connectivity index (χ4v) is 7.14. The van der Waals surface area contributed by atoms with Gasteiger partial charge in [0.05, 0.1) is 42.9 Å². The number of ether oxygens (including phenoxy) is 1. The van der Waals surface area contributed by atoms with Crippen molar-refractivity contribution in [1.29, 1.82) is 0 Å². The highest BCUT2D eigenvalue weighted by Crippen LogP contribution is 2.30. The SMILES string of the molecule is COC(=O)c1ccnc(N2CCC(NC(=O)C3CC(NC(=O)c4cncc(-n5cc(Cn6c7ccccc7c7ccccc76)nn5)c4)C3)CC2)c1. The first-order valence-electron chi connectivity index (χ1n) is 17.2. The predicted molar refractivity (Wildman–Crippen MR) is 191 cm³/mol. The minimum absolute atomic E-state index is 0.0244. The van der Waals surface area contributed by atoms with Crippen molar-refractivity contribution in [3.63, 3.8) is 0 Å². The molecule has 5 heterocycles. The molecule has 1 saturated heterocycles. The number of fused-ring (bicyclic) bond motifs is 3. The van der Waals surface area contributed by atoms with Crippen LogP contribution in [0.4, 0.5) is 5.82 Å². The smallest absolute Gasteiger partial charge is 0.338 e. The van der Waals surface area contributed by atoms with E-state index in [-0.39, 0.29) is 29.8 Å². The molecular weight excluding hydrogens is 646 g/mol. The van der Waals surface area contributed by atoms with E-state index in [0.717, 1.165) is 48.5 Å². The maximum atomic E-state index is 13.2. The van der Waals surface area contributed by atoms with Gasteiger partial charge in [-0.25, -0.2) is 14.5 Å². The molecule has 0 radical (unpaired) electrons. The van der Waals surface area contributed by atoms with Gasteiger partial charge in [-0.1, -0.05) is 41.6 Å². The van der Waals surface area contributed by atoms with Crippen LogP contribution in [0.3, 0.4) is 0 Å². The molecule has 258 valence electrons. The standard InChI is InChI=1S/C38H37N9O4/c1-51-38(50)24-10-13-40-35(19-24)45-14-11-27(12-15-45)41-36(48)25-16-28(17-25)42-37(49)26-18-30(21-39-20-26)47-23-29(43-44-47)22-46-33-8-4-2-6-31(33)32-7-3-5-9-34(32)46/h2-10,13,18-21,23,25,27-28H,11-12,14-17,22H2,1H3,(H,41,48)(H,42,49). The summed E-state index contributed by atoms with van der Waals surface area (Å²) in [5.74, 6) is -0.0248. The van der Waals surface area contributed by atoms with E-state index >= 15 is 0 Å². The van der Waals surface area contributed by atoms with Crippen molar-refractivity contribution in [2.45, 2.75) is 44.3 Å². The third-order valence-corrected chi connectivity index (χ3v) is 9.97. The van der Waals surface area contributed by atoms with Gasteiger partial charge in [-0.2, -0.15) is 0 Å². The Bertz CT molecular complexity index is 2200. The molecule has 0 atom stereocenters. The number of methoxy groups -OCH3 is 1. The van der Waals surface area contributed by atoms with Crippen LogP contribution >= 0.6 is 0 Å². The van der Waals surface area contributed by atoms with Crippen molar-refractivity contribution >= 4 is 45.4 Å². The zero-order valence-electron chi connectivity index (χ0n) is 28.1. The maximum Gasteiger partial charge on any atom is 0.338 e. The van der Waals surface area contributed by atoms with Crippen LogP contribution in [-0.2, 0) is 16.1 Å². The fraction of sp³-hybridized carbons (Fsp3) is 0.289. The van der Waals surface area contributed by atoms with Gasteiger partial charge in [0, 0.05) is 65.3 Å². The van der Waals surface area contributed by atoms with Gasteiger partial charge in [0.1, 0.15) is 11.5 Å². The number of piperidine rings is 1.